The summed E-state index contributed by atoms with van der Waals surface area (Å²) in [6, 6.07) is 8.25. The molecule has 15 heteroatoms. The highest BCUT2D eigenvalue weighted by Crippen LogP contribution is 2.62. The van der Waals surface area contributed by atoms with E-state index in [1.807, 2.05) is 20.8 Å². The summed E-state index contributed by atoms with van der Waals surface area (Å²) in [6.07, 6.45) is 4.07. The average molecular weight is 735 g/mol. The quantitative estimate of drug-likeness (QED) is 0.124. The Morgan fingerprint density at radius 2 is 1.87 bits per heavy atom. The number of halogens is 3. The second-order valence-electron chi connectivity index (χ2n) is 15.1. The van der Waals surface area contributed by atoms with Crippen molar-refractivity contribution in [3.05, 3.63) is 81.6 Å². The van der Waals surface area contributed by atoms with E-state index in [0.29, 0.717) is 36.4 Å². The fourth-order valence-corrected chi connectivity index (χ4v) is 7.43. The minimum absolute atomic E-state index is 0.0436. The number of hydrogen-bond acceptors (Lipinski definition) is 7. The molecule has 274 valence electrons. The van der Waals surface area contributed by atoms with Crippen molar-refractivity contribution in [3.63, 3.8) is 0 Å². The maximum atomic E-state index is 15.8. The van der Waals surface area contributed by atoms with Gasteiger partial charge in [-0.25, -0.2) is 17.9 Å². The number of benzene rings is 1. The monoisotopic (exact) mass is 734 g/mol. The van der Waals surface area contributed by atoms with E-state index in [0.717, 1.165) is 24.2 Å². The van der Waals surface area contributed by atoms with Crippen molar-refractivity contribution in [2.45, 2.75) is 84.9 Å². The van der Waals surface area contributed by atoms with Crippen LogP contribution in [0.3, 0.4) is 0 Å². The molecule has 1 fully saturated rings. The molecule has 4 heterocycles. The number of nitrogens with one attached hydrogen (secondary N) is 1. The van der Waals surface area contributed by atoms with E-state index in [4.69, 9.17) is 9.47 Å². The highest BCUT2D eigenvalue weighted by atomic mass is 28.3. The average Bonchev–Trinajstić information content (AvgIpc) is 3.54. The Bertz CT molecular complexity index is 2090. The first-order valence-corrected chi connectivity index (χ1v) is 21.0. The summed E-state index contributed by atoms with van der Waals surface area (Å²) < 4.78 is 59.6. The van der Waals surface area contributed by atoms with Crippen LogP contribution < -0.4 is 10.1 Å². The van der Waals surface area contributed by atoms with Crippen molar-refractivity contribution in [2.75, 3.05) is 18.5 Å². The standard InChI is InChI=1S/C37H42F3N7O4Si/c1-21(2)47-30(8-11-43-47)36(49)42-18-26(33-25-15-27(38)28(39)16-31(25)51-19-37(33)9-10-37)35(48)44-24-14-29(40)34(41-17-24)32-22(3)45-46(23(32)4)20-50-12-13-52(5,6)7/h8,11,14-17,21,26,33H,9-10,12-13,19-20H2,1-7H3/p+1. The number of pyridine rings is 1. The topological polar surface area (TPSA) is 118 Å². The van der Waals surface area contributed by atoms with E-state index in [1.165, 1.54) is 23.1 Å². The van der Waals surface area contributed by atoms with E-state index in [1.54, 1.807) is 11.6 Å². The molecule has 1 aromatic carbocycles. The minimum Gasteiger partial charge on any atom is -0.493 e. The Morgan fingerprint density at radius 3 is 2.54 bits per heavy atom. The lowest BCUT2D eigenvalue weighted by Crippen LogP contribution is -2.37. The summed E-state index contributed by atoms with van der Waals surface area (Å²) >= 11 is 0. The first kappa shape index (κ1) is 37.0. The molecular weight excluding hydrogens is 692 g/mol. The number of nitrogens with zero attached hydrogens (tertiary/aromatic N) is 6. The van der Waals surface area contributed by atoms with Gasteiger partial charge in [-0.3, -0.25) is 14.5 Å². The van der Waals surface area contributed by atoms with Crippen molar-refractivity contribution in [3.8, 4) is 23.1 Å². The molecule has 2 unspecified atom stereocenters. The SMILES string of the molecule is Cc1nn(COCC[Si](C)(C)C)c(C)c1-c1ncc(NC(=O)C(C#[N+]C(=O)c2ccnn2C(C)C)C2c3cc(F)c(F)cc3OCC23CC3)cc1F. The molecule has 1 N–H and O–H groups in total. The number of rotatable bonds is 11. The normalized spacial score (nSPS) is 16.6. The van der Waals surface area contributed by atoms with Crippen LogP contribution in [0.5, 0.6) is 5.75 Å². The van der Waals surface area contributed by atoms with Gasteiger partial charge in [-0.05, 0) is 58.7 Å². The second-order valence-corrected chi connectivity index (χ2v) is 20.8. The van der Waals surface area contributed by atoms with Crippen LogP contribution in [0.15, 0.2) is 36.7 Å². The summed E-state index contributed by atoms with van der Waals surface area (Å²) in [7, 11) is -1.27. The predicted molar refractivity (Wildman–Crippen MR) is 192 cm³/mol. The largest absolute Gasteiger partial charge is 0.565 e. The Kier molecular flexibility index (Phi) is 10.2. The van der Waals surface area contributed by atoms with Crippen molar-refractivity contribution < 1.29 is 32.2 Å². The molecular formula is C37H43F3N7O4Si+. The summed E-state index contributed by atoms with van der Waals surface area (Å²) in [6.45, 7) is 15.1. The molecule has 0 bridgehead atoms. The fraction of sp³-hybridized carbons (Fsp3) is 0.459. The van der Waals surface area contributed by atoms with E-state index in [2.05, 4.69) is 51.1 Å². The highest BCUT2D eigenvalue weighted by Gasteiger charge is 2.59. The number of fused-ring (bicyclic) bond motifs is 1. The van der Waals surface area contributed by atoms with E-state index in [-0.39, 0.29) is 47.8 Å². The van der Waals surface area contributed by atoms with Gasteiger partial charge in [0.1, 0.15) is 18.2 Å². The van der Waals surface area contributed by atoms with Crippen molar-refractivity contribution in [1.82, 2.24) is 24.5 Å². The van der Waals surface area contributed by atoms with Gasteiger partial charge in [-0.1, -0.05) is 19.6 Å². The maximum absolute atomic E-state index is 15.8. The lowest BCUT2D eigenvalue weighted by molar-refractivity contribution is -0.119. The van der Waals surface area contributed by atoms with E-state index >= 15 is 4.39 Å². The Morgan fingerprint density at radius 1 is 1.13 bits per heavy atom. The number of aromatic nitrogens is 5. The Labute approximate surface area is 301 Å². The number of amides is 2. The molecule has 1 spiro atoms. The molecule has 6 rings (SSSR count). The second kappa shape index (κ2) is 14.3. The fourth-order valence-electron chi connectivity index (χ4n) is 6.67. The first-order valence-electron chi connectivity index (χ1n) is 17.3. The number of carbonyl (C=O) groups is 2. The summed E-state index contributed by atoms with van der Waals surface area (Å²) in [4.78, 5) is 35.9. The Hall–Kier alpha value is -4.81. The van der Waals surface area contributed by atoms with Crippen LogP contribution in [0, 0.1) is 48.7 Å². The molecule has 1 aliphatic carbocycles. The van der Waals surface area contributed by atoms with Crippen molar-refractivity contribution in [2.24, 2.45) is 11.3 Å². The van der Waals surface area contributed by atoms with Crippen LogP contribution in [0.25, 0.3) is 16.1 Å². The van der Waals surface area contributed by atoms with Crippen LogP contribution in [0.4, 0.5) is 18.9 Å². The molecule has 0 radical (unpaired) electrons. The van der Waals surface area contributed by atoms with E-state index in [9.17, 15) is 18.4 Å². The Balaban J connectivity index is 1.30. The maximum Gasteiger partial charge on any atom is 0.565 e. The van der Waals surface area contributed by atoms with Gasteiger partial charge in [-0.2, -0.15) is 15.0 Å². The molecule has 11 nitrogen and oxygen atoms in total. The zero-order valence-corrected chi connectivity index (χ0v) is 31.4. The van der Waals surface area contributed by atoms with Crippen molar-refractivity contribution >= 4 is 25.6 Å². The van der Waals surface area contributed by atoms with Gasteiger partial charge in [0.2, 0.25) is 5.91 Å². The molecule has 52 heavy (non-hydrogen) atoms. The van der Waals surface area contributed by atoms with Gasteiger partial charge in [0, 0.05) is 65.9 Å². The predicted octanol–water partition coefficient (Wildman–Crippen LogP) is 7.75. The van der Waals surface area contributed by atoms with Gasteiger partial charge in [0.25, 0.3) is 0 Å². The number of aryl methyl sites for hydroxylation is 1. The van der Waals surface area contributed by atoms with E-state index < -0.39 is 54.6 Å². The smallest absolute Gasteiger partial charge is 0.493 e. The number of carbonyl (C=O) groups excluding carboxylic acids is 2. The molecule has 2 atom stereocenters. The zero-order chi connectivity index (χ0) is 37.5. The van der Waals surface area contributed by atoms with Gasteiger partial charge in [-0.15, -0.1) is 0 Å². The molecule has 3 aromatic heterocycles. The molecule has 1 saturated carbocycles. The van der Waals surface area contributed by atoms with Gasteiger partial charge < -0.3 is 14.8 Å². The van der Waals surface area contributed by atoms with Crippen LogP contribution in [0.2, 0.25) is 25.7 Å². The number of anilines is 1. The lowest BCUT2D eigenvalue weighted by Gasteiger charge is -2.35. The molecule has 2 amide bonds. The number of ether oxygens (including phenoxy) is 2. The summed E-state index contributed by atoms with van der Waals surface area (Å²) in [5.74, 6) is -6.22. The van der Waals surface area contributed by atoms with Gasteiger partial charge >= 0.3 is 12.0 Å². The van der Waals surface area contributed by atoms with Gasteiger partial charge in [0.05, 0.1) is 30.4 Å². The van der Waals surface area contributed by atoms with Crippen LogP contribution in [-0.4, -0.2) is 57.6 Å². The third kappa shape index (κ3) is 7.54. The molecule has 1 aliphatic heterocycles. The number of hydrogen-bond donors (Lipinski definition) is 1. The highest BCUT2D eigenvalue weighted by molar-refractivity contribution is 6.76. The van der Waals surface area contributed by atoms with Crippen molar-refractivity contribution in [1.29, 1.82) is 0 Å². The third-order valence-corrected chi connectivity index (χ3v) is 11.4. The molecule has 2 aliphatic rings. The molecule has 0 saturated heterocycles. The summed E-state index contributed by atoms with van der Waals surface area (Å²) in [5.41, 5.74) is 1.72. The van der Waals surface area contributed by atoms with Crippen LogP contribution in [0.1, 0.15) is 66.1 Å². The minimum atomic E-state index is -1.28. The molecule has 4 aromatic rings. The summed E-state index contributed by atoms with van der Waals surface area (Å²) in [5, 5.41) is 11.4. The van der Waals surface area contributed by atoms with Crippen LogP contribution in [-0.2, 0) is 16.3 Å². The third-order valence-electron chi connectivity index (χ3n) is 9.69. The van der Waals surface area contributed by atoms with Crippen LogP contribution >= 0.6 is 0 Å². The first-order chi connectivity index (χ1) is 24.6. The zero-order valence-electron chi connectivity index (χ0n) is 30.4. The van der Waals surface area contributed by atoms with Gasteiger partial charge in [0.15, 0.2) is 29.1 Å². The lowest BCUT2D eigenvalue weighted by atomic mass is 9.73.